The Hall–Kier alpha value is -3.22. The number of carbonyl (C=O) groups excluding carboxylic acids is 2. The quantitative estimate of drug-likeness (QED) is 0.306. The van der Waals surface area contributed by atoms with Crippen molar-refractivity contribution < 1.29 is 19.1 Å². The van der Waals surface area contributed by atoms with Crippen molar-refractivity contribution >= 4 is 35.0 Å². The van der Waals surface area contributed by atoms with Gasteiger partial charge in [0, 0.05) is 25.4 Å². The second-order valence-electron chi connectivity index (χ2n) is 9.48. The normalized spacial score (nSPS) is 13.6. The van der Waals surface area contributed by atoms with Gasteiger partial charge in [0.1, 0.15) is 6.04 Å². The molecule has 0 saturated heterocycles. The van der Waals surface area contributed by atoms with Crippen LogP contribution in [0.3, 0.4) is 0 Å². The van der Waals surface area contributed by atoms with Crippen molar-refractivity contribution in [2.24, 2.45) is 0 Å². The molecule has 3 aromatic rings. The zero-order valence-corrected chi connectivity index (χ0v) is 23.1. The first-order valence-corrected chi connectivity index (χ1v) is 13.6. The zero-order valence-electron chi connectivity index (χ0n) is 21.6. The first-order valence-electron chi connectivity index (χ1n) is 12.8. The number of hydrogen-bond acceptors (Lipinski definition) is 4. The van der Waals surface area contributed by atoms with Gasteiger partial charge in [-0.25, -0.2) is 0 Å². The Morgan fingerprint density at radius 2 is 1.66 bits per heavy atom. The van der Waals surface area contributed by atoms with Gasteiger partial charge in [-0.3, -0.25) is 9.59 Å². The van der Waals surface area contributed by atoms with E-state index in [2.05, 4.69) is 5.32 Å². The van der Waals surface area contributed by atoms with Crippen LogP contribution in [0.2, 0.25) is 10.0 Å². The maximum absolute atomic E-state index is 13.8. The Balaban J connectivity index is 1.62. The summed E-state index contributed by atoms with van der Waals surface area (Å²) >= 11 is 12.4. The second-order valence-corrected chi connectivity index (χ2v) is 10.3. The van der Waals surface area contributed by atoms with Gasteiger partial charge in [-0.15, -0.1) is 0 Å². The highest BCUT2D eigenvalue weighted by molar-refractivity contribution is 6.42. The summed E-state index contributed by atoms with van der Waals surface area (Å²) in [5.74, 6) is 1.07. The summed E-state index contributed by atoms with van der Waals surface area (Å²) in [5.41, 5.74) is 2.73. The van der Waals surface area contributed by atoms with E-state index in [1.807, 2.05) is 68.4 Å². The monoisotopic (exact) mass is 554 g/mol. The molecule has 2 unspecified atom stereocenters. The van der Waals surface area contributed by atoms with E-state index < -0.39 is 6.04 Å². The van der Waals surface area contributed by atoms with E-state index in [-0.39, 0.29) is 37.6 Å². The summed E-state index contributed by atoms with van der Waals surface area (Å²) in [5, 5.41) is 3.92. The molecule has 0 fully saturated rings. The van der Waals surface area contributed by atoms with Crippen LogP contribution in [-0.4, -0.2) is 35.6 Å². The predicted molar refractivity (Wildman–Crippen MR) is 150 cm³/mol. The van der Waals surface area contributed by atoms with Crippen LogP contribution in [0.25, 0.3) is 0 Å². The van der Waals surface area contributed by atoms with Crippen molar-refractivity contribution in [3.05, 3.63) is 93.5 Å². The molecule has 3 aromatic carbocycles. The minimum Gasteiger partial charge on any atom is -0.454 e. The molecule has 38 heavy (non-hydrogen) atoms. The molecule has 8 heteroatoms. The van der Waals surface area contributed by atoms with E-state index in [0.717, 1.165) is 23.1 Å². The Kier molecular flexibility index (Phi) is 9.53. The molecule has 0 aliphatic carbocycles. The summed E-state index contributed by atoms with van der Waals surface area (Å²) in [4.78, 5) is 29.1. The van der Waals surface area contributed by atoms with Crippen LogP contribution in [-0.2, 0) is 29.0 Å². The van der Waals surface area contributed by atoms with E-state index in [4.69, 9.17) is 32.7 Å². The second kappa shape index (κ2) is 13.0. The Bertz CT molecular complexity index is 1270. The van der Waals surface area contributed by atoms with Gasteiger partial charge < -0.3 is 19.7 Å². The number of amides is 2. The van der Waals surface area contributed by atoms with Crippen molar-refractivity contribution in [1.82, 2.24) is 10.2 Å². The Morgan fingerprint density at radius 3 is 2.39 bits per heavy atom. The zero-order chi connectivity index (χ0) is 27.1. The number of benzene rings is 3. The summed E-state index contributed by atoms with van der Waals surface area (Å²) in [6, 6.07) is 20.0. The lowest BCUT2D eigenvalue weighted by atomic mass is 10.0. The highest BCUT2D eigenvalue weighted by Crippen LogP contribution is 2.33. The number of rotatable bonds is 11. The minimum atomic E-state index is -0.704. The fourth-order valence-corrected chi connectivity index (χ4v) is 4.64. The lowest BCUT2D eigenvalue weighted by molar-refractivity contribution is -0.141. The number of fused-ring (bicyclic) bond motifs is 1. The molecule has 0 bridgehead atoms. The first-order chi connectivity index (χ1) is 18.3. The molecule has 6 nitrogen and oxygen atoms in total. The highest BCUT2D eigenvalue weighted by atomic mass is 35.5. The lowest BCUT2D eigenvalue weighted by Gasteiger charge is -2.32. The fourth-order valence-electron chi connectivity index (χ4n) is 4.32. The van der Waals surface area contributed by atoms with E-state index in [9.17, 15) is 9.59 Å². The molecule has 1 aliphatic heterocycles. The molecule has 1 heterocycles. The van der Waals surface area contributed by atoms with Gasteiger partial charge in [0.05, 0.1) is 10.0 Å². The van der Waals surface area contributed by atoms with Gasteiger partial charge in [0.2, 0.25) is 18.6 Å². The van der Waals surface area contributed by atoms with E-state index in [0.29, 0.717) is 34.4 Å². The molecule has 0 spiro atoms. The van der Waals surface area contributed by atoms with Crippen LogP contribution >= 0.6 is 23.2 Å². The third-order valence-electron chi connectivity index (χ3n) is 6.67. The van der Waals surface area contributed by atoms with Crippen LogP contribution in [0.4, 0.5) is 0 Å². The van der Waals surface area contributed by atoms with Gasteiger partial charge in [-0.05, 0) is 60.7 Å². The maximum atomic E-state index is 13.8. The van der Waals surface area contributed by atoms with Crippen molar-refractivity contribution in [2.75, 3.05) is 6.79 Å². The average molecular weight is 556 g/mol. The predicted octanol–water partition coefficient (Wildman–Crippen LogP) is 6.21. The van der Waals surface area contributed by atoms with Gasteiger partial charge in [-0.1, -0.05) is 72.6 Å². The number of nitrogens with one attached hydrogen (secondary N) is 1. The molecule has 0 saturated carbocycles. The molecule has 1 aliphatic rings. The van der Waals surface area contributed by atoms with Crippen LogP contribution < -0.4 is 14.8 Å². The molecular formula is C30H32Cl2N2O4. The number of nitrogens with zero attached hydrogens (tertiary/aromatic N) is 1. The molecule has 1 N–H and O–H groups in total. The van der Waals surface area contributed by atoms with Crippen LogP contribution in [0.5, 0.6) is 11.5 Å². The standard InChI is InChI=1S/C30H32Cl2N2O4/c1-3-20(2)33-30(36)26(16-21-7-5-4-6-8-21)34(18-23-9-12-24(31)25(32)15-23)29(35)14-11-22-10-13-27-28(17-22)38-19-37-27/h4-10,12-13,15,17,20,26H,3,11,14,16,18-19H2,1-2H3,(H,33,36). The van der Waals surface area contributed by atoms with E-state index >= 15 is 0 Å². The Morgan fingerprint density at radius 1 is 0.921 bits per heavy atom. The summed E-state index contributed by atoms with van der Waals surface area (Å²) < 4.78 is 10.9. The summed E-state index contributed by atoms with van der Waals surface area (Å²) in [7, 11) is 0. The van der Waals surface area contributed by atoms with Gasteiger partial charge in [0.15, 0.2) is 11.5 Å². The molecule has 0 radical (unpaired) electrons. The third kappa shape index (κ3) is 7.21. The van der Waals surface area contributed by atoms with E-state index in [1.54, 1.807) is 17.0 Å². The summed E-state index contributed by atoms with van der Waals surface area (Å²) in [6.45, 7) is 4.40. The fraction of sp³-hybridized carbons (Fsp3) is 0.333. The minimum absolute atomic E-state index is 0.0173. The van der Waals surface area contributed by atoms with Gasteiger partial charge >= 0.3 is 0 Å². The number of carbonyl (C=O) groups is 2. The lowest BCUT2D eigenvalue weighted by Crippen LogP contribution is -2.52. The van der Waals surface area contributed by atoms with Crippen LogP contribution in [0.1, 0.15) is 43.4 Å². The summed E-state index contributed by atoms with van der Waals surface area (Å²) in [6.07, 6.45) is 1.90. The largest absolute Gasteiger partial charge is 0.454 e. The molecule has 200 valence electrons. The molecular weight excluding hydrogens is 523 g/mol. The van der Waals surface area contributed by atoms with E-state index in [1.165, 1.54) is 0 Å². The third-order valence-corrected chi connectivity index (χ3v) is 7.41. The number of halogens is 2. The number of aryl methyl sites for hydroxylation is 1. The highest BCUT2D eigenvalue weighted by Gasteiger charge is 2.31. The van der Waals surface area contributed by atoms with Crippen molar-refractivity contribution in [3.63, 3.8) is 0 Å². The molecule has 4 rings (SSSR count). The SMILES string of the molecule is CCC(C)NC(=O)C(Cc1ccccc1)N(Cc1ccc(Cl)c(Cl)c1)C(=O)CCc1ccc2c(c1)OCO2. The number of ether oxygens (including phenoxy) is 2. The molecule has 2 atom stereocenters. The smallest absolute Gasteiger partial charge is 0.243 e. The van der Waals surface area contributed by atoms with Gasteiger partial charge in [-0.2, -0.15) is 0 Å². The van der Waals surface area contributed by atoms with Crippen molar-refractivity contribution in [3.8, 4) is 11.5 Å². The maximum Gasteiger partial charge on any atom is 0.243 e. The Labute approximate surface area is 233 Å². The molecule has 0 aromatic heterocycles. The van der Waals surface area contributed by atoms with Crippen LogP contribution in [0, 0.1) is 0 Å². The van der Waals surface area contributed by atoms with Crippen molar-refractivity contribution in [2.45, 2.75) is 58.2 Å². The van der Waals surface area contributed by atoms with Crippen LogP contribution in [0.15, 0.2) is 66.7 Å². The van der Waals surface area contributed by atoms with Gasteiger partial charge in [0.25, 0.3) is 0 Å². The topological polar surface area (TPSA) is 67.9 Å². The molecule has 2 amide bonds. The average Bonchev–Trinajstić information content (AvgIpc) is 3.39. The number of hydrogen-bond donors (Lipinski definition) is 1. The first kappa shape index (κ1) is 27.8. The van der Waals surface area contributed by atoms with Crippen molar-refractivity contribution in [1.29, 1.82) is 0 Å².